The van der Waals surface area contributed by atoms with E-state index in [0.29, 0.717) is 11.3 Å². The first-order valence-corrected chi connectivity index (χ1v) is 8.01. The molecule has 0 spiro atoms. The SMILES string of the molecule is COc1ccc(C(O)C(NC(=S)Nc2ccccc2C)C(=O)O)cc1. The van der Waals surface area contributed by atoms with Gasteiger partial charge >= 0.3 is 5.97 Å². The Balaban J connectivity index is 2.10. The lowest BCUT2D eigenvalue weighted by atomic mass is 10.0. The summed E-state index contributed by atoms with van der Waals surface area (Å²) in [4.78, 5) is 11.6. The van der Waals surface area contributed by atoms with Crippen LogP contribution in [0.5, 0.6) is 5.75 Å². The molecule has 0 heterocycles. The van der Waals surface area contributed by atoms with E-state index in [-0.39, 0.29) is 5.11 Å². The van der Waals surface area contributed by atoms with Crippen LogP contribution >= 0.6 is 12.2 Å². The van der Waals surface area contributed by atoms with Crippen LogP contribution in [0.25, 0.3) is 0 Å². The molecular formula is C18H20N2O4S. The van der Waals surface area contributed by atoms with E-state index in [1.165, 1.54) is 7.11 Å². The monoisotopic (exact) mass is 360 g/mol. The Bertz CT molecular complexity index is 749. The molecule has 0 radical (unpaired) electrons. The van der Waals surface area contributed by atoms with Crippen LogP contribution in [-0.2, 0) is 4.79 Å². The van der Waals surface area contributed by atoms with Crippen LogP contribution in [0.2, 0.25) is 0 Å². The van der Waals surface area contributed by atoms with Crippen LogP contribution in [0.1, 0.15) is 17.2 Å². The number of carboxylic acid groups (broad SMARTS) is 1. The number of hydrogen-bond acceptors (Lipinski definition) is 4. The van der Waals surface area contributed by atoms with Gasteiger partial charge in [0.05, 0.1) is 7.11 Å². The average Bonchev–Trinajstić information content (AvgIpc) is 2.61. The van der Waals surface area contributed by atoms with Gasteiger partial charge in [0, 0.05) is 5.69 Å². The van der Waals surface area contributed by atoms with Gasteiger partial charge in [-0.25, -0.2) is 4.79 Å². The molecule has 0 aromatic heterocycles. The van der Waals surface area contributed by atoms with E-state index in [1.54, 1.807) is 24.3 Å². The third-order valence-electron chi connectivity index (χ3n) is 3.72. The molecule has 2 aromatic carbocycles. The second-order valence-electron chi connectivity index (χ2n) is 5.45. The molecule has 0 aliphatic carbocycles. The molecule has 0 bridgehead atoms. The summed E-state index contributed by atoms with van der Waals surface area (Å²) < 4.78 is 5.05. The summed E-state index contributed by atoms with van der Waals surface area (Å²) in [6.45, 7) is 1.91. The van der Waals surface area contributed by atoms with Crippen molar-refractivity contribution in [2.24, 2.45) is 0 Å². The maximum absolute atomic E-state index is 11.6. The van der Waals surface area contributed by atoms with E-state index in [1.807, 2.05) is 31.2 Å². The summed E-state index contributed by atoms with van der Waals surface area (Å²) in [6.07, 6.45) is -1.28. The summed E-state index contributed by atoms with van der Waals surface area (Å²) in [5, 5.41) is 25.6. The molecule has 6 nitrogen and oxygen atoms in total. The Morgan fingerprint density at radius 3 is 2.36 bits per heavy atom. The zero-order chi connectivity index (χ0) is 18.4. The van der Waals surface area contributed by atoms with E-state index < -0.39 is 18.1 Å². The van der Waals surface area contributed by atoms with Gasteiger partial charge in [-0.2, -0.15) is 0 Å². The van der Waals surface area contributed by atoms with Crippen LogP contribution in [-0.4, -0.2) is 34.4 Å². The zero-order valence-electron chi connectivity index (χ0n) is 13.9. The second-order valence-corrected chi connectivity index (χ2v) is 5.86. The van der Waals surface area contributed by atoms with Gasteiger partial charge in [0.15, 0.2) is 11.2 Å². The zero-order valence-corrected chi connectivity index (χ0v) is 14.7. The van der Waals surface area contributed by atoms with E-state index >= 15 is 0 Å². The molecule has 4 N–H and O–H groups in total. The van der Waals surface area contributed by atoms with Gasteiger partial charge in [-0.05, 0) is 48.5 Å². The van der Waals surface area contributed by atoms with Crippen LogP contribution in [0.15, 0.2) is 48.5 Å². The Kier molecular flexibility index (Phi) is 6.32. The molecule has 7 heteroatoms. The molecule has 0 aliphatic rings. The van der Waals surface area contributed by atoms with Crippen molar-refractivity contribution in [3.63, 3.8) is 0 Å². The van der Waals surface area contributed by atoms with Gasteiger partial charge in [0.1, 0.15) is 11.9 Å². The van der Waals surface area contributed by atoms with E-state index in [2.05, 4.69) is 10.6 Å². The predicted molar refractivity (Wildman–Crippen MR) is 99.9 cm³/mol. The Hall–Kier alpha value is -2.64. The first-order chi connectivity index (χ1) is 11.9. The van der Waals surface area contributed by atoms with Crippen molar-refractivity contribution in [3.05, 3.63) is 59.7 Å². The molecule has 2 aromatic rings. The molecule has 2 rings (SSSR count). The number of benzene rings is 2. The number of nitrogens with one attached hydrogen (secondary N) is 2. The molecule has 132 valence electrons. The molecule has 25 heavy (non-hydrogen) atoms. The predicted octanol–water partition coefficient (Wildman–Crippen LogP) is 2.48. The number of aliphatic hydroxyl groups excluding tert-OH is 1. The summed E-state index contributed by atoms with van der Waals surface area (Å²) in [7, 11) is 1.53. The lowest BCUT2D eigenvalue weighted by molar-refractivity contribution is -0.142. The lowest BCUT2D eigenvalue weighted by Crippen LogP contribution is -2.46. The van der Waals surface area contributed by atoms with E-state index in [0.717, 1.165) is 11.3 Å². The van der Waals surface area contributed by atoms with Gasteiger partial charge in [-0.1, -0.05) is 30.3 Å². The highest BCUT2D eigenvalue weighted by molar-refractivity contribution is 7.80. The van der Waals surface area contributed by atoms with Gasteiger partial charge in [0.2, 0.25) is 0 Å². The third kappa shape index (κ3) is 4.91. The smallest absolute Gasteiger partial charge is 0.329 e. The quantitative estimate of drug-likeness (QED) is 0.588. The standard InChI is InChI=1S/C18H20N2O4S/c1-11-5-3-4-6-14(11)19-18(25)20-15(17(22)23)16(21)12-7-9-13(24-2)10-8-12/h3-10,15-16,21H,1-2H3,(H,22,23)(H2,19,20,25). The highest BCUT2D eigenvalue weighted by Crippen LogP contribution is 2.21. The number of thiocarbonyl (C=S) groups is 1. The Labute approximate surface area is 151 Å². The summed E-state index contributed by atoms with van der Waals surface area (Å²) >= 11 is 5.18. The van der Waals surface area contributed by atoms with E-state index in [9.17, 15) is 15.0 Å². The maximum Gasteiger partial charge on any atom is 0.329 e. The summed E-state index contributed by atoms with van der Waals surface area (Å²) in [5.74, 6) is -0.593. The molecule has 0 fully saturated rings. The van der Waals surface area contributed by atoms with Gasteiger partial charge in [-0.3, -0.25) is 0 Å². The van der Waals surface area contributed by atoms with Gasteiger partial charge in [0.25, 0.3) is 0 Å². The first kappa shape index (κ1) is 18.7. The lowest BCUT2D eigenvalue weighted by Gasteiger charge is -2.23. The summed E-state index contributed by atoms with van der Waals surface area (Å²) in [5.41, 5.74) is 2.18. The fourth-order valence-corrected chi connectivity index (χ4v) is 2.52. The fraction of sp³-hybridized carbons (Fsp3) is 0.222. The minimum Gasteiger partial charge on any atom is -0.497 e. The molecule has 0 saturated heterocycles. The molecule has 2 atom stereocenters. The third-order valence-corrected chi connectivity index (χ3v) is 3.94. The van der Waals surface area contributed by atoms with Gasteiger partial charge in [-0.15, -0.1) is 0 Å². The number of methoxy groups -OCH3 is 1. The van der Waals surface area contributed by atoms with Crippen molar-refractivity contribution in [3.8, 4) is 5.75 Å². The number of aryl methyl sites for hydroxylation is 1. The Morgan fingerprint density at radius 1 is 1.16 bits per heavy atom. The summed E-state index contributed by atoms with van der Waals surface area (Å²) in [6, 6.07) is 12.7. The first-order valence-electron chi connectivity index (χ1n) is 7.60. The normalized spacial score (nSPS) is 12.8. The van der Waals surface area contributed by atoms with Crippen molar-refractivity contribution in [2.45, 2.75) is 19.1 Å². The number of aliphatic hydroxyl groups is 1. The molecule has 2 unspecified atom stereocenters. The number of hydrogen-bond donors (Lipinski definition) is 4. The number of ether oxygens (including phenoxy) is 1. The molecule has 0 aliphatic heterocycles. The van der Waals surface area contributed by atoms with Crippen LogP contribution < -0.4 is 15.4 Å². The largest absolute Gasteiger partial charge is 0.497 e. The molecule has 0 saturated carbocycles. The van der Waals surface area contributed by atoms with Crippen molar-refractivity contribution >= 4 is 29.0 Å². The van der Waals surface area contributed by atoms with Crippen molar-refractivity contribution in [1.82, 2.24) is 5.32 Å². The molecular weight excluding hydrogens is 340 g/mol. The van der Waals surface area contributed by atoms with Crippen LogP contribution in [0, 0.1) is 6.92 Å². The van der Waals surface area contributed by atoms with Crippen molar-refractivity contribution in [2.75, 3.05) is 12.4 Å². The topological polar surface area (TPSA) is 90.8 Å². The van der Waals surface area contributed by atoms with Crippen molar-refractivity contribution in [1.29, 1.82) is 0 Å². The van der Waals surface area contributed by atoms with Crippen LogP contribution in [0.4, 0.5) is 5.69 Å². The van der Waals surface area contributed by atoms with Gasteiger partial charge < -0.3 is 25.6 Å². The maximum atomic E-state index is 11.6. The second kappa shape index (κ2) is 8.46. The molecule has 0 amide bonds. The number of anilines is 1. The number of para-hydroxylation sites is 1. The minimum absolute atomic E-state index is 0.120. The highest BCUT2D eigenvalue weighted by Gasteiger charge is 2.28. The number of carbonyl (C=O) groups is 1. The van der Waals surface area contributed by atoms with Crippen LogP contribution in [0.3, 0.4) is 0 Å². The van der Waals surface area contributed by atoms with Crippen molar-refractivity contribution < 1.29 is 19.7 Å². The van der Waals surface area contributed by atoms with E-state index in [4.69, 9.17) is 17.0 Å². The highest BCUT2D eigenvalue weighted by atomic mass is 32.1. The average molecular weight is 360 g/mol. The fourth-order valence-electron chi connectivity index (χ4n) is 2.28. The minimum atomic E-state index is -1.29. The number of rotatable bonds is 6. The number of aliphatic carboxylic acids is 1. The Morgan fingerprint density at radius 2 is 1.80 bits per heavy atom. The number of carboxylic acids is 1.